The lowest BCUT2D eigenvalue weighted by Gasteiger charge is -2.14. The molecule has 1 aromatic rings. The van der Waals surface area contributed by atoms with E-state index in [9.17, 15) is 4.79 Å². The highest BCUT2D eigenvalue weighted by Crippen LogP contribution is 2.26. The van der Waals surface area contributed by atoms with Crippen LogP contribution in [0.4, 0.5) is 0 Å². The van der Waals surface area contributed by atoms with Gasteiger partial charge in [0, 0.05) is 18.0 Å². The molecule has 0 aliphatic rings. The van der Waals surface area contributed by atoms with Crippen LogP contribution in [0.2, 0.25) is 0 Å². The number of hydrogen-bond acceptors (Lipinski definition) is 4. The van der Waals surface area contributed by atoms with Gasteiger partial charge >= 0.3 is 5.91 Å². The van der Waals surface area contributed by atoms with Crippen molar-refractivity contribution in [3.05, 3.63) is 17.3 Å². The monoisotopic (exact) mass is 239 g/mol. The van der Waals surface area contributed by atoms with Gasteiger partial charge in [0.1, 0.15) is 5.76 Å². The van der Waals surface area contributed by atoms with Gasteiger partial charge in [-0.2, -0.15) is 0 Å². The van der Waals surface area contributed by atoms with Crippen LogP contribution in [-0.2, 0) is 5.41 Å². The van der Waals surface area contributed by atoms with Gasteiger partial charge in [0.05, 0.1) is 5.69 Å². The summed E-state index contributed by atoms with van der Waals surface area (Å²) in [6, 6.07) is -0.0900. The summed E-state index contributed by atoms with van der Waals surface area (Å²) in [5.41, 5.74) is 6.03. The number of aryl methyl sites for hydroxylation is 1. The van der Waals surface area contributed by atoms with Crippen LogP contribution in [0.25, 0.3) is 0 Å². The van der Waals surface area contributed by atoms with Crippen molar-refractivity contribution in [2.24, 2.45) is 5.73 Å². The zero-order valence-corrected chi connectivity index (χ0v) is 11.1. The standard InChI is InChI=1S/C12H21N3O2/c1-7(6-13)14-10(16)11-15-8(2)9(17-11)12(3,4)5/h7H,6,13H2,1-5H3,(H,14,16). The van der Waals surface area contributed by atoms with Crippen molar-refractivity contribution < 1.29 is 9.21 Å². The molecule has 0 saturated heterocycles. The Bertz CT molecular complexity index is 404. The van der Waals surface area contributed by atoms with Crippen molar-refractivity contribution in [3.8, 4) is 0 Å². The number of nitrogens with one attached hydrogen (secondary N) is 1. The molecule has 1 unspecified atom stereocenters. The summed E-state index contributed by atoms with van der Waals surface area (Å²) in [6.07, 6.45) is 0. The maximum absolute atomic E-state index is 11.8. The molecule has 5 heteroatoms. The van der Waals surface area contributed by atoms with Gasteiger partial charge in [0.15, 0.2) is 0 Å². The van der Waals surface area contributed by atoms with E-state index < -0.39 is 0 Å². The lowest BCUT2D eigenvalue weighted by molar-refractivity contribution is 0.0903. The van der Waals surface area contributed by atoms with Crippen molar-refractivity contribution in [3.63, 3.8) is 0 Å². The van der Waals surface area contributed by atoms with E-state index in [1.807, 2.05) is 34.6 Å². The highest BCUT2D eigenvalue weighted by Gasteiger charge is 2.25. The zero-order valence-electron chi connectivity index (χ0n) is 11.1. The van der Waals surface area contributed by atoms with Crippen molar-refractivity contribution in [2.75, 3.05) is 6.54 Å². The third-order valence-electron chi connectivity index (χ3n) is 2.40. The molecule has 0 aliphatic heterocycles. The third kappa shape index (κ3) is 3.30. The minimum Gasteiger partial charge on any atom is -0.437 e. The minimum absolute atomic E-state index is 0.0900. The summed E-state index contributed by atoms with van der Waals surface area (Å²) in [4.78, 5) is 15.9. The molecule has 17 heavy (non-hydrogen) atoms. The smallest absolute Gasteiger partial charge is 0.307 e. The first-order valence-electron chi connectivity index (χ1n) is 5.74. The number of nitrogens with two attached hydrogens (primary N) is 1. The van der Waals surface area contributed by atoms with Gasteiger partial charge in [-0.15, -0.1) is 0 Å². The molecule has 96 valence electrons. The highest BCUT2D eigenvalue weighted by molar-refractivity contribution is 5.89. The number of amides is 1. The molecule has 1 heterocycles. The van der Waals surface area contributed by atoms with Gasteiger partial charge in [-0.05, 0) is 13.8 Å². The highest BCUT2D eigenvalue weighted by atomic mass is 16.4. The lowest BCUT2D eigenvalue weighted by Crippen LogP contribution is -2.37. The molecule has 0 saturated carbocycles. The average Bonchev–Trinajstić information content (AvgIpc) is 2.59. The molecule has 5 nitrogen and oxygen atoms in total. The summed E-state index contributed by atoms with van der Waals surface area (Å²) < 4.78 is 5.52. The Balaban J connectivity index is 2.91. The molecule has 0 fully saturated rings. The van der Waals surface area contributed by atoms with Crippen LogP contribution in [-0.4, -0.2) is 23.5 Å². The van der Waals surface area contributed by atoms with Crippen LogP contribution in [0.15, 0.2) is 4.42 Å². The van der Waals surface area contributed by atoms with E-state index in [1.54, 1.807) is 0 Å². The molecular weight excluding hydrogens is 218 g/mol. The summed E-state index contributed by atoms with van der Waals surface area (Å²) in [5, 5.41) is 2.72. The summed E-state index contributed by atoms with van der Waals surface area (Å²) in [6.45, 7) is 10.1. The minimum atomic E-state index is -0.318. The molecule has 0 aromatic carbocycles. The number of oxazole rings is 1. The summed E-state index contributed by atoms with van der Waals surface area (Å²) in [7, 11) is 0. The van der Waals surface area contributed by atoms with Crippen molar-refractivity contribution in [2.45, 2.75) is 46.1 Å². The molecule has 0 spiro atoms. The second kappa shape index (κ2) is 4.87. The predicted molar refractivity (Wildman–Crippen MR) is 65.9 cm³/mol. The Morgan fingerprint density at radius 1 is 1.53 bits per heavy atom. The second-order valence-corrected chi connectivity index (χ2v) is 5.29. The molecule has 1 rings (SSSR count). The van der Waals surface area contributed by atoms with Crippen LogP contribution in [0.5, 0.6) is 0 Å². The largest absolute Gasteiger partial charge is 0.437 e. The number of nitrogens with zero attached hydrogens (tertiary/aromatic N) is 1. The van der Waals surface area contributed by atoms with E-state index in [0.717, 1.165) is 11.5 Å². The molecule has 1 atom stereocenters. The number of hydrogen-bond donors (Lipinski definition) is 2. The summed E-state index contributed by atoms with van der Waals surface area (Å²) in [5.74, 6) is 0.525. The Morgan fingerprint density at radius 2 is 2.12 bits per heavy atom. The quantitative estimate of drug-likeness (QED) is 0.834. The maximum atomic E-state index is 11.8. The summed E-state index contributed by atoms with van der Waals surface area (Å²) >= 11 is 0. The fourth-order valence-electron chi connectivity index (χ4n) is 1.53. The van der Waals surface area contributed by atoms with Crippen molar-refractivity contribution >= 4 is 5.91 Å². The van der Waals surface area contributed by atoms with Crippen molar-refractivity contribution in [1.29, 1.82) is 0 Å². The number of carbonyl (C=O) groups excluding carboxylic acids is 1. The first-order chi connectivity index (χ1) is 7.75. The predicted octanol–water partition coefficient (Wildman–Crippen LogP) is 1.36. The number of aromatic nitrogens is 1. The molecule has 3 N–H and O–H groups in total. The van der Waals surface area contributed by atoms with Crippen LogP contribution in [0, 0.1) is 6.92 Å². The van der Waals surface area contributed by atoms with Gasteiger partial charge < -0.3 is 15.5 Å². The van der Waals surface area contributed by atoms with E-state index >= 15 is 0 Å². The van der Waals surface area contributed by atoms with Gasteiger partial charge in [-0.25, -0.2) is 4.98 Å². The van der Waals surface area contributed by atoms with Gasteiger partial charge in [-0.3, -0.25) is 4.79 Å². The normalized spacial score (nSPS) is 13.5. The lowest BCUT2D eigenvalue weighted by atomic mass is 9.92. The molecular formula is C12H21N3O2. The second-order valence-electron chi connectivity index (χ2n) is 5.29. The molecule has 1 amide bonds. The van der Waals surface area contributed by atoms with E-state index in [0.29, 0.717) is 6.54 Å². The van der Waals surface area contributed by atoms with Crippen LogP contribution >= 0.6 is 0 Å². The Hall–Kier alpha value is -1.36. The van der Waals surface area contributed by atoms with E-state index in [1.165, 1.54) is 0 Å². The third-order valence-corrected chi connectivity index (χ3v) is 2.40. The molecule has 0 bridgehead atoms. The molecule has 1 aromatic heterocycles. The van der Waals surface area contributed by atoms with Crippen LogP contribution in [0.1, 0.15) is 49.8 Å². The first-order valence-corrected chi connectivity index (χ1v) is 5.74. The number of rotatable bonds is 3. The van der Waals surface area contributed by atoms with Gasteiger partial charge in [0.25, 0.3) is 5.89 Å². The Morgan fingerprint density at radius 3 is 2.53 bits per heavy atom. The SMILES string of the molecule is Cc1nc(C(=O)NC(C)CN)oc1C(C)(C)C. The van der Waals surface area contributed by atoms with Gasteiger partial charge in [0.2, 0.25) is 0 Å². The number of carbonyl (C=O) groups is 1. The Kier molecular flexibility index (Phi) is 3.93. The van der Waals surface area contributed by atoms with Crippen LogP contribution < -0.4 is 11.1 Å². The molecule has 0 radical (unpaired) electrons. The fourth-order valence-corrected chi connectivity index (χ4v) is 1.53. The molecule has 0 aliphatic carbocycles. The fraction of sp³-hybridized carbons (Fsp3) is 0.667. The Labute approximate surface area is 102 Å². The maximum Gasteiger partial charge on any atom is 0.307 e. The first kappa shape index (κ1) is 13.7. The zero-order chi connectivity index (χ0) is 13.2. The van der Waals surface area contributed by atoms with E-state index in [4.69, 9.17) is 10.2 Å². The van der Waals surface area contributed by atoms with Crippen LogP contribution in [0.3, 0.4) is 0 Å². The average molecular weight is 239 g/mol. The van der Waals surface area contributed by atoms with Gasteiger partial charge in [-0.1, -0.05) is 20.8 Å². The van der Waals surface area contributed by atoms with E-state index in [2.05, 4.69) is 10.3 Å². The van der Waals surface area contributed by atoms with E-state index in [-0.39, 0.29) is 23.3 Å². The van der Waals surface area contributed by atoms with Crippen molar-refractivity contribution in [1.82, 2.24) is 10.3 Å². The topological polar surface area (TPSA) is 81.2 Å².